The molecule has 0 saturated heterocycles. The highest BCUT2D eigenvalue weighted by molar-refractivity contribution is 5.90. The first-order chi connectivity index (χ1) is 12.1. The second-order valence-corrected chi connectivity index (χ2v) is 6.85. The van der Waals surface area contributed by atoms with Crippen molar-refractivity contribution in [3.8, 4) is 11.3 Å². The Bertz CT molecular complexity index is 1040. The van der Waals surface area contributed by atoms with E-state index in [2.05, 4.69) is 34.8 Å². The second kappa shape index (κ2) is 6.03. The summed E-state index contributed by atoms with van der Waals surface area (Å²) < 4.78 is 2.31. The SMILES string of the molecule is CCc1cc(C=O)c(=O)[nH]c1-c1ccc2c(c1)c1c(n2C)CCCC1. The van der Waals surface area contributed by atoms with Crippen molar-refractivity contribution in [2.45, 2.75) is 39.0 Å². The third-order valence-corrected chi connectivity index (χ3v) is 5.47. The van der Waals surface area contributed by atoms with E-state index in [4.69, 9.17) is 0 Å². The van der Waals surface area contributed by atoms with Crippen LogP contribution in [0.1, 0.15) is 46.9 Å². The number of hydrogen-bond acceptors (Lipinski definition) is 2. The lowest BCUT2D eigenvalue weighted by atomic mass is 9.94. The van der Waals surface area contributed by atoms with E-state index in [9.17, 15) is 9.59 Å². The van der Waals surface area contributed by atoms with E-state index in [0.717, 1.165) is 36.1 Å². The maximum Gasteiger partial charge on any atom is 0.259 e. The number of aromatic nitrogens is 2. The van der Waals surface area contributed by atoms with Crippen LogP contribution in [0.2, 0.25) is 0 Å². The number of carbonyl (C=O) groups is 1. The van der Waals surface area contributed by atoms with Gasteiger partial charge in [-0.05, 0) is 67.0 Å². The molecule has 1 aliphatic rings. The first-order valence-electron chi connectivity index (χ1n) is 8.96. The molecule has 1 aromatic carbocycles. The Labute approximate surface area is 146 Å². The van der Waals surface area contributed by atoms with Crippen LogP contribution in [0.3, 0.4) is 0 Å². The number of aromatic amines is 1. The zero-order chi connectivity index (χ0) is 17.6. The standard InChI is InChI=1S/C21H22N2O2/c1-3-13-10-15(12-24)21(25)22-20(13)14-8-9-19-17(11-14)16-6-4-5-7-18(16)23(19)2/h8-12H,3-7H2,1-2H3,(H,22,25). The van der Waals surface area contributed by atoms with Crippen molar-refractivity contribution in [1.82, 2.24) is 9.55 Å². The van der Waals surface area contributed by atoms with E-state index in [1.807, 2.05) is 6.92 Å². The lowest BCUT2D eigenvalue weighted by Gasteiger charge is -2.13. The van der Waals surface area contributed by atoms with Crippen molar-refractivity contribution >= 4 is 17.2 Å². The number of pyridine rings is 1. The van der Waals surface area contributed by atoms with E-state index < -0.39 is 0 Å². The fourth-order valence-corrected chi connectivity index (χ4v) is 4.14. The van der Waals surface area contributed by atoms with Gasteiger partial charge < -0.3 is 9.55 Å². The summed E-state index contributed by atoms with van der Waals surface area (Å²) in [5.74, 6) is 0. The predicted octanol–water partition coefficient (Wildman–Crippen LogP) is 3.79. The summed E-state index contributed by atoms with van der Waals surface area (Å²) in [5, 5.41) is 1.29. The fraction of sp³-hybridized carbons (Fsp3) is 0.333. The number of aldehydes is 1. The van der Waals surface area contributed by atoms with Gasteiger partial charge in [-0.15, -0.1) is 0 Å². The van der Waals surface area contributed by atoms with Crippen molar-refractivity contribution < 1.29 is 4.79 Å². The highest BCUT2D eigenvalue weighted by Crippen LogP contribution is 2.34. The monoisotopic (exact) mass is 334 g/mol. The molecule has 0 saturated carbocycles. The maximum absolute atomic E-state index is 12.1. The van der Waals surface area contributed by atoms with E-state index in [-0.39, 0.29) is 11.1 Å². The average Bonchev–Trinajstić information content (AvgIpc) is 2.94. The molecular weight excluding hydrogens is 312 g/mol. The topological polar surface area (TPSA) is 54.9 Å². The molecule has 3 aromatic rings. The normalized spacial score (nSPS) is 13.8. The number of nitrogens with one attached hydrogen (secondary N) is 1. The van der Waals surface area contributed by atoms with Crippen LogP contribution in [0.4, 0.5) is 0 Å². The van der Waals surface area contributed by atoms with Crippen LogP contribution in [0.25, 0.3) is 22.2 Å². The lowest BCUT2D eigenvalue weighted by Crippen LogP contribution is -2.14. The van der Waals surface area contributed by atoms with Crippen molar-refractivity contribution in [2.75, 3.05) is 0 Å². The number of aryl methyl sites for hydroxylation is 3. The minimum absolute atomic E-state index is 0.193. The van der Waals surface area contributed by atoms with Crippen molar-refractivity contribution in [3.05, 3.63) is 57.0 Å². The number of H-pyrrole nitrogens is 1. The molecule has 0 amide bonds. The van der Waals surface area contributed by atoms with Gasteiger partial charge in [0.2, 0.25) is 0 Å². The molecule has 0 aliphatic heterocycles. The fourth-order valence-electron chi connectivity index (χ4n) is 4.14. The largest absolute Gasteiger partial charge is 0.347 e. The van der Waals surface area contributed by atoms with Gasteiger partial charge in [-0.3, -0.25) is 9.59 Å². The van der Waals surface area contributed by atoms with Crippen LogP contribution in [0, 0.1) is 0 Å². The minimum atomic E-state index is -0.322. The molecule has 25 heavy (non-hydrogen) atoms. The molecule has 128 valence electrons. The molecular formula is C21H22N2O2. The van der Waals surface area contributed by atoms with Crippen LogP contribution >= 0.6 is 0 Å². The quantitative estimate of drug-likeness (QED) is 0.741. The molecule has 4 rings (SSSR count). The molecule has 0 spiro atoms. The summed E-state index contributed by atoms with van der Waals surface area (Å²) >= 11 is 0. The van der Waals surface area contributed by atoms with Gasteiger partial charge in [0.25, 0.3) is 5.56 Å². The predicted molar refractivity (Wildman–Crippen MR) is 100 cm³/mol. The molecule has 0 unspecified atom stereocenters. The van der Waals surface area contributed by atoms with E-state index in [1.54, 1.807) is 6.07 Å². The zero-order valence-electron chi connectivity index (χ0n) is 14.7. The Morgan fingerprint density at radius 2 is 2.00 bits per heavy atom. The lowest BCUT2D eigenvalue weighted by molar-refractivity contribution is 0.112. The first kappa shape index (κ1) is 15.9. The molecule has 0 radical (unpaired) electrons. The molecule has 1 aliphatic carbocycles. The maximum atomic E-state index is 12.1. The van der Waals surface area contributed by atoms with Gasteiger partial charge >= 0.3 is 0 Å². The summed E-state index contributed by atoms with van der Waals surface area (Å²) in [4.78, 5) is 26.1. The van der Waals surface area contributed by atoms with Gasteiger partial charge in [-0.1, -0.05) is 13.0 Å². The van der Waals surface area contributed by atoms with Crippen LogP contribution < -0.4 is 5.56 Å². The highest BCUT2D eigenvalue weighted by atomic mass is 16.1. The van der Waals surface area contributed by atoms with Crippen molar-refractivity contribution in [2.24, 2.45) is 7.05 Å². The van der Waals surface area contributed by atoms with E-state index >= 15 is 0 Å². The van der Waals surface area contributed by atoms with Crippen molar-refractivity contribution in [1.29, 1.82) is 0 Å². The average molecular weight is 334 g/mol. The van der Waals surface area contributed by atoms with E-state index in [1.165, 1.54) is 35.0 Å². The smallest absolute Gasteiger partial charge is 0.259 e. The number of fused-ring (bicyclic) bond motifs is 3. The van der Waals surface area contributed by atoms with Crippen LogP contribution in [0.15, 0.2) is 29.1 Å². The third kappa shape index (κ3) is 2.44. The summed E-state index contributed by atoms with van der Waals surface area (Å²) in [5.41, 5.74) is 6.85. The Morgan fingerprint density at radius 1 is 1.20 bits per heavy atom. The Balaban J connectivity index is 1.95. The van der Waals surface area contributed by atoms with Crippen LogP contribution in [0.5, 0.6) is 0 Å². The summed E-state index contributed by atoms with van der Waals surface area (Å²) in [6.07, 6.45) is 6.14. The molecule has 2 heterocycles. The summed E-state index contributed by atoms with van der Waals surface area (Å²) in [6, 6.07) is 8.13. The number of carbonyl (C=O) groups excluding carboxylic acids is 1. The van der Waals surface area contributed by atoms with Gasteiger partial charge in [-0.25, -0.2) is 0 Å². The van der Waals surface area contributed by atoms with Gasteiger partial charge in [0.05, 0.1) is 11.3 Å². The van der Waals surface area contributed by atoms with Crippen LogP contribution in [-0.4, -0.2) is 15.8 Å². The Kier molecular flexibility index (Phi) is 3.83. The summed E-state index contributed by atoms with van der Waals surface area (Å²) in [7, 11) is 2.14. The molecule has 0 fully saturated rings. The number of hydrogen-bond donors (Lipinski definition) is 1. The Morgan fingerprint density at radius 3 is 2.76 bits per heavy atom. The van der Waals surface area contributed by atoms with Crippen LogP contribution in [-0.2, 0) is 26.3 Å². The molecule has 4 nitrogen and oxygen atoms in total. The molecule has 0 bridgehead atoms. The highest BCUT2D eigenvalue weighted by Gasteiger charge is 2.19. The minimum Gasteiger partial charge on any atom is -0.347 e. The third-order valence-electron chi connectivity index (χ3n) is 5.47. The first-order valence-corrected chi connectivity index (χ1v) is 8.96. The number of nitrogens with zero attached hydrogens (tertiary/aromatic N) is 1. The summed E-state index contributed by atoms with van der Waals surface area (Å²) in [6.45, 7) is 2.04. The van der Waals surface area contributed by atoms with Gasteiger partial charge in [0.15, 0.2) is 6.29 Å². The Hall–Kier alpha value is -2.62. The van der Waals surface area contributed by atoms with Gasteiger partial charge in [0, 0.05) is 23.6 Å². The molecule has 1 N–H and O–H groups in total. The van der Waals surface area contributed by atoms with E-state index in [0.29, 0.717) is 6.29 Å². The molecule has 0 atom stereocenters. The van der Waals surface area contributed by atoms with Crippen molar-refractivity contribution in [3.63, 3.8) is 0 Å². The molecule has 4 heteroatoms. The van der Waals surface area contributed by atoms with Gasteiger partial charge in [0.1, 0.15) is 0 Å². The number of rotatable bonds is 3. The second-order valence-electron chi connectivity index (χ2n) is 6.85. The van der Waals surface area contributed by atoms with Gasteiger partial charge in [-0.2, -0.15) is 0 Å². The molecule has 2 aromatic heterocycles. The number of benzene rings is 1. The zero-order valence-corrected chi connectivity index (χ0v) is 14.7.